The summed E-state index contributed by atoms with van der Waals surface area (Å²) in [6, 6.07) is 10.5. The molecule has 0 radical (unpaired) electrons. The van der Waals surface area contributed by atoms with Crippen LogP contribution in [0, 0.1) is 0 Å². The van der Waals surface area contributed by atoms with Gasteiger partial charge in [-0.15, -0.1) is 0 Å². The first-order valence-corrected chi connectivity index (χ1v) is 6.63. The first kappa shape index (κ1) is 12.2. The molecule has 100 valence electrons. The number of hydrogen-bond acceptors (Lipinski definition) is 2. The summed E-state index contributed by atoms with van der Waals surface area (Å²) in [4.78, 5) is 14.3. The molecule has 1 aliphatic rings. The molecule has 3 rings (SSSR count). The van der Waals surface area contributed by atoms with E-state index in [0.717, 1.165) is 17.8 Å². The molecule has 1 atom stereocenters. The van der Waals surface area contributed by atoms with E-state index in [0.29, 0.717) is 0 Å². The topological polar surface area (TPSA) is 51.9 Å². The molecule has 4 nitrogen and oxygen atoms in total. The second-order valence-electron chi connectivity index (χ2n) is 5.72. The van der Waals surface area contributed by atoms with E-state index in [-0.39, 0.29) is 17.1 Å². The number of nitrogens with one attached hydrogen (secondary N) is 2. The van der Waals surface area contributed by atoms with Crippen molar-refractivity contribution in [2.45, 2.75) is 38.9 Å². The molecular formula is C15H19N3O. The fraction of sp³-hybridized carbons (Fsp3) is 0.400. The number of fused-ring (bicyclic) bond motifs is 1. The number of nitrogens with zero attached hydrogens (tertiary/aromatic N) is 1. The first-order chi connectivity index (χ1) is 9.01. The van der Waals surface area contributed by atoms with Crippen molar-refractivity contribution in [3.05, 3.63) is 57.5 Å². The van der Waals surface area contributed by atoms with Crippen LogP contribution in [0.15, 0.2) is 35.1 Å². The zero-order chi connectivity index (χ0) is 13.6. The first-order valence-electron chi connectivity index (χ1n) is 6.63. The summed E-state index contributed by atoms with van der Waals surface area (Å²) < 4.78 is 0. The van der Waals surface area contributed by atoms with E-state index in [9.17, 15) is 4.79 Å². The molecule has 0 spiro atoms. The fourth-order valence-electron chi connectivity index (χ4n) is 3.15. The standard InChI is InChI=1S/C15H19N3O/c1-10-12-13(16-17-14(12)19)15(2,3)18(10)9-11-7-5-4-6-8-11/h4-8,10H,9H2,1-3H3,(H2,16,17,19). The molecule has 2 aromatic rings. The van der Waals surface area contributed by atoms with Crippen LogP contribution in [0.2, 0.25) is 0 Å². The molecule has 0 saturated carbocycles. The molecule has 19 heavy (non-hydrogen) atoms. The van der Waals surface area contributed by atoms with Gasteiger partial charge in [0.05, 0.1) is 16.8 Å². The molecule has 0 fully saturated rings. The van der Waals surface area contributed by atoms with E-state index in [2.05, 4.69) is 60.1 Å². The van der Waals surface area contributed by atoms with Crippen LogP contribution in [0.1, 0.15) is 43.6 Å². The summed E-state index contributed by atoms with van der Waals surface area (Å²) in [5.41, 5.74) is 3.00. The van der Waals surface area contributed by atoms with Gasteiger partial charge < -0.3 is 5.10 Å². The lowest BCUT2D eigenvalue weighted by Gasteiger charge is -2.35. The molecule has 4 heteroatoms. The Labute approximate surface area is 112 Å². The van der Waals surface area contributed by atoms with Crippen LogP contribution in [0.4, 0.5) is 0 Å². The molecule has 0 saturated heterocycles. The van der Waals surface area contributed by atoms with Crippen molar-refractivity contribution < 1.29 is 0 Å². The number of hydrogen-bond donors (Lipinski definition) is 2. The van der Waals surface area contributed by atoms with Gasteiger partial charge in [-0.1, -0.05) is 30.3 Å². The molecule has 1 aliphatic heterocycles. The summed E-state index contributed by atoms with van der Waals surface area (Å²) in [6.45, 7) is 7.25. The van der Waals surface area contributed by atoms with E-state index >= 15 is 0 Å². The molecule has 0 bridgehead atoms. The molecule has 0 aliphatic carbocycles. The van der Waals surface area contributed by atoms with Crippen molar-refractivity contribution in [1.29, 1.82) is 0 Å². The quantitative estimate of drug-likeness (QED) is 0.868. The number of aromatic nitrogens is 2. The van der Waals surface area contributed by atoms with Crippen molar-refractivity contribution in [2.75, 3.05) is 0 Å². The fourth-order valence-corrected chi connectivity index (χ4v) is 3.15. The van der Waals surface area contributed by atoms with Gasteiger partial charge in [0.25, 0.3) is 5.56 Å². The van der Waals surface area contributed by atoms with Crippen molar-refractivity contribution in [3.63, 3.8) is 0 Å². The highest BCUT2D eigenvalue weighted by atomic mass is 16.1. The Morgan fingerprint density at radius 3 is 2.53 bits per heavy atom. The van der Waals surface area contributed by atoms with E-state index in [4.69, 9.17) is 0 Å². The Balaban J connectivity index is 1.99. The number of benzene rings is 1. The molecule has 0 amide bonds. The highest BCUT2D eigenvalue weighted by molar-refractivity contribution is 5.33. The van der Waals surface area contributed by atoms with Gasteiger partial charge in [-0.25, -0.2) is 0 Å². The second-order valence-corrected chi connectivity index (χ2v) is 5.72. The van der Waals surface area contributed by atoms with Gasteiger partial charge >= 0.3 is 0 Å². The average Bonchev–Trinajstić information content (AvgIpc) is 2.86. The maximum absolute atomic E-state index is 11.9. The van der Waals surface area contributed by atoms with Gasteiger partial charge in [0.1, 0.15) is 0 Å². The van der Waals surface area contributed by atoms with E-state index in [1.807, 2.05) is 6.07 Å². The predicted octanol–water partition coefficient (Wildman–Crippen LogP) is 2.51. The minimum Gasteiger partial charge on any atom is -0.300 e. The van der Waals surface area contributed by atoms with Crippen molar-refractivity contribution >= 4 is 0 Å². The third-order valence-electron chi connectivity index (χ3n) is 4.23. The molecule has 2 N–H and O–H groups in total. The monoisotopic (exact) mass is 257 g/mol. The van der Waals surface area contributed by atoms with Crippen molar-refractivity contribution in [3.8, 4) is 0 Å². The van der Waals surface area contributed by atoms with Crippen LogP contribution < -0.4 is 5.56 Å². The highest BCUT2D eigenvalue weighted by Crippen LogP contribution is 2.43. The zero-order valence-electron chi connectivity index (χ0n) is 11.5. The molecule has 1 unspecified atom stereocenters. The summed E-state index contributed by atoms with van der Waals surface area (Å²) in [6.07, 6.45) is 0. The number of aromatic amines is 2. The van der Waals surface area contributed by atoms with Crippen LogP contribution in [-0.4, -0.2) is 15.1 Å². The number of H-pyrrole nitrogens is 2. The SMILES string of the molecule is CC1c2c([nH][nH]c2=O)C(C)(C)N1Cc1ccccc1. The molecule has 1 aromatic carbocycles. The minimum absolute atomic E-state index is 0.00568. The Kier molecular flexibility index (Phi) is 2.64. The van der Waals surface area contributed by atoms with Crippen LogP contribution >= 0.6 is 0 Å². The maximum Gasteiger partial charge on any atom is 0.269 e. The lowest BCUT2D eigenvalue weighted by atomic mass is 10.0. The molecular weight excluding hydrogens is 238 g/mol. The van der Waals surface area contributed by atoms with Crippen molar-refractivity contribution in [2.24, 2.45) is 0 Å². The Morgan fingerprint density at radius 2 is 1.89 bits per heavy atom. The Hall–Kier alpha value is -1.81. The average molecular weight is 257 g/mol. The van der Waals surface area contributed by atoms with Crippen LogP contribution in [-0.2, 0) is 12.1 Å². The summed E-state index contributed by atoms with van der Waals surface area (Å²) in [5, 5.41) is 5.75. The third kappa shape index (κ3) is 1.75. The van der Waals surface area contributed by atoms with E-state index in [1.54, 1.807) is 0 Å². The normalized spacial score (nSPS) is 21.5. The van der Waals surface area contributed by atoms with Crippen LogP contribution in [0.5, 0.6) is 0 Å². The predicted molar refractivity (Wildman–Crippen MR) is 74.8 cm³/mol. The van der Waals surface area contributed by atoms with E-state index < -0.39 is 0 Å². The summed E-state index contributed by atoms with van der Waals surface area (Å²) in [7, 11) is 0. The van der Waals surface area contributed by atoms with Crippen LogP contribution in [0.25, 0.3) is 0 Å². The third-order valence-corrected chi connectivity index (χ3v) is 4.23. The maximum atomic E-state index is 11.9. The number of rotatable bonds is 2. The molecule has 1 aromatic heterocycles. The van der Waals surface area contributed by atoms with Crippen molar-refractivity contribution in [1.82, 2.24) is 15.1 Å². The zero-order valence-corrected chi connectivity index (χ0v) is 11.5. The van der Waals surface area contributed by atoms with Gasteiger partial charge in [-0.3, -0.25) is 14.8 Å². The minimum atomic E-state index is -0.163. The Bertz CT molecular complexity index is 639. The van der Waals surface area contributed by atoms with E-state index in [1.165, 1.54) is 5.56 Å². The second kappa shape index (κ2) is 4.10. The highest BCUT2D eigenvalue weighted by Gasteiger charge is 2.44. The summed E-state index contributed by atoms with van der Waals surface area (Å²) >= 11 is 0. The molecule has 2 heterocycles. The smallest absolute Gasteiger partial charge is 0.269 e. The van der Waals surface area contributed by atoms with Gasteiger partial charge in [-0.05, 0) is 26.3 Å². The van der Waals surface area contributed by atoms with Gasteiger partial charge in [-0.2, -0.15) is 0 Å². The Morgan fingerprint density at radius 1 is 1.21 bits per heavy atom. The van der Waals surface area contributed by atoms with Gasteiger partial charge in [0, 0.05) is 12.6 Å². The largest absolute Gasteiger partial charge is 0.300 e. The lowest BCUT2D eigenvalue weighted by molar-refractivity contribution is 0.0892. The van der Waals surface area contributed by atoms with Gasteiger partial charge in [0.15, 0.2) is 0 Å². The van der Waals surface area contributed by atoms with Crippen LogP contribution in [0.3, 0.4) is 0 Å². The van der Waals surface area contributed by atoms with Gasteiger partial charge in [0.2, 0.25) is 0 Å². The summed E-state index contributed by atoms with van der Waals surface area (Å²) in [5.74, 6) is 0. The lowest BCUT2D eigenvalue weighted by Crippen LogP contribution is -2.37.